The highest BCUT2D eigenvalue weighted by Gasteiger charge is 2.40. The lowest BCUT2D eigenvalue weighted by Crippen LogP contribution is -2.31. The summed E-state index contributed by atoms with van der Waals surface area (Å²) in [6.45, 7) is 15.9. The van der Waals surface area contributed by atoms with Crippen molar-refractivity contribution in [2.75, 3.05) is 0 Å². The number of rotatable bonds is 2. The second-order valence-corrected chi connectivity index (χ2v) is 16.2. The van der Waals surface area contributed by atoms with Crippen molar-refractivity contribution in [2.45, 2.75) is 64.7 Å². The van der Waals surface area contributed by atoms with Crippen molar-refractivity contribution in [3.8, 4) is 27.9 Å². The van der Waals surface area contributed by atoms with Gasteiger partial charge in [0.2, 0.25) is 0 Å². The molecule has 0 aliphatic heterocycles. The fourth-order valence-electron chi connectivity index (χ4n) is 8.78. The molecule has 49 heavy (non-hydrogen) atoms. The fourth-order valence-corrected chi connectivity index (χ4v) is 8.78. The summed E-state index contributed by atoms with van der Waals surface area (Å²) in [5.74, 6) is 0.110. The topological polar surface area (TPSA) is 22.0 Å². The largest absolute Gasteiger partial charge is 0.309 e. The highest BCUT2D eigenvalue weighted by atomic mass is 16.1. The number of hydrogen-bond acceptors (Lipinski definition) is 1. The summed E-state index contributed by atoms with van der Waals surface area (Å²) in [4.78, 5) is 14.6. The Kier molecular flexibility index (Phi) is 6.05. The quantitative estimate of drug-likeness (QED) is 0.185. The van der Waals surface area contributed by atoms with E-state index in [-0.39, 0.29) is 22.0 Å². The summed E-state index contributed by atoms with van der Waals surface area (Å²) in [6.07, 6.45) is 0. The number of benzene rings is 6. The van der Waals surface area contributed by atoms with E-state index in [2.05, 4.69) is 174 Å². The fraction of sp³-hybridized carbons (Fsp3) is 0.213. The molecule has 2 nitrogen and oxygen atoms in total. The Morgan fingerprint density at radius 2 is 1.12 bits per heavy atom. The van der Waals surface area contributed by atoms with Crippen LogP contribution < -0.4 is 0 Å². The maximum atomic E-state index is 14.6. The molecule has 2 heteroatoms. The predicted octanol–water partition coefficient (Wildman–Crippen LogP) is 11.9. The van der Waals surface area contributed by atoms with Gasteiger partial charge in [-0.25, -0.2) is 0 Å². The van der Waals surface area contributed by atoms with Crippen LogP contribution in [0.25, 0.3) is 49.7 Å². The summed E-state index contributed by atoms with van der Waals surface area (Å²) in [5, 5.41) is 2.48. The molecule has 0 radical (unpaired) electrons. The summed E-state index contributed by atoms with van der Waals surface area (Å²) >= 11 is 0. The van der Waals surface area contributed by atoms with Crippen molar-refractivity contribution in [3.63, 3.8) is 0 Å². The van der Waals surface area contributed by atoms with E-state index >= 15 is 0 Å². The zero-order valence-corrected chi connectivity index (χ0v) is 29.4. The van der Waals surface area contributed by atoms with Crippen molar-refractivity contribution in [2.24, 2.45) is 0 Å². The first-order valence-electron chi connectivity index (χ1n) is 17.5. The molecule has 0 bridgehead atoms. The monoisotopic (exact) mass is 635 g/mol. The molecule has 2 aliphatic carbocycles. The third kappa shape index (κ3) is 4.10. The number of ketones is 1. The molecular weight excluding hydrogens is 595 g/mol. The molecule has 2 aliphatic rings. The van der Waals surface area contributed by atoms with E-state index in [4.69, 9.17) is 0 Å². The Morgan fingerprint density at radius 3 is 1.88 bits per heavy atom. The van der Waals surface area contributed by atoms with Gasteiger partial charge >= 0.3 is 0 Å². The zero-order valence-electron chi connectivity index (χ0n) is 29.4. The second-order valence-electron chi connectivity index (χ2n) is 16.2. The maximum Gasteiger partial charge on any atom is 0.193 e. The van der Waals surface area contributed by atoms with E-state index < -0.39 is 0 Å². The van der Waals surface area contributed by atoms with E-state index in [9.17, 15) is 4.79 Å². The van der Waals surface area contributed by atoms with Crippen LogP contribution in [0.5, 0.6) is 0 Å². The average Bonchev–Trinajstić information content (AvgIpc) is 3.54. The lowest BCUT2D eigenvalue weighted by Gasteiger charge is -2.36. The molecule has 0 unspecified atom stereocenters. The third-order valence-electron chi connectivity index (χ3n) is 11.6. The van der Waals surface area contributed by atoms with Crippen molar-refractivity contribution < 1.29 is 4.79 Å². The van der Waals surface area contributed by atoms with Gasteiger partial charge < -0.3 is 4.57 Å². The van der Waals surface area contributed by atoms with E-state index in [1.807, 2.05) is 0 Å². The number of aromatic nitrogens is 1. The van der Waals surface area contributed by atoms with Gasteiger partial charge in [0.05, 0.1) is 16.7 Å². The van der Waals surface area contributed by atoms with Gasteiger partial charge in [-0.15, -0.1) is 0 Å². The first kappa shape index (κ1) is 29.9. The Balaban J connectivity index is 1.38. The maximum absolute atomic E-state index is 14.6. The van der Waals surface area contributed by atoms with Crippen LogP contribution in [0.15, 0.2) is 121 Å². The van der Waals surface area contributed by atoms with Crippen LogP contribution in [-0.2, 0) is 16.2 Å². The van der Waals surface area contributed by atoms with Crippen LogP contribution >= 0.6 is 0 Å². The average molecular weight is 636 g/mol. The molecule has 9 rings (SSSR count). The zero-order chi connectivity index (χ0) is 34.0. The van der Waals surface area contributed by atoms with Crippen molar-refractivity contribution in [3.05, 3.63) is 160 Å². The molecule has 0 amide bonds. The summed E-state index contributed by atoms with van der Waals surface area (Å²) in [5.41, 5.74) is 15.4. The van der Waals surface area contributed by atoms with Gasteiger partial charge in [-0.1, -0.05) is 133 Å². The minimum atomic E-state index is -0.372. The second kappa shape index (κ2) is 9.92. The van der Waals surface area contributed by atoms with Crippen molar-refractivity contribution in [1.29, 1.82) is 0 Å². The van der Waals surface area contributed by atoms with Crippen LogP contribution in [0.1, 0.15) is 92.2 Å². The van der Waals surface area contributed by atoms with E-state index in [0.717, 1.165) is 39.1 Å². The summed E-state index contributed by atoms with van der Waals surface area (Å²) < 4.78 is 2.46. The van der Waals surface area contributed by atoms with E-state index in [1.165, 1.54) is 49.6 Å². The van der Waals surface area contributed by atoms with Crippen LogP contribution in [0, 0.1) is 0 Å². The molecule has 0 spiro atoms. The van der Waals surface area contributed by atoms with E-state index in [1.54, 1.807) is 0 Å². The standard InChI is InChI=1S/C47H41NO/c1-45(2,3)29-21-22-38-35(23-29)44(49)36-24-32(28-15-9-8-10-16-28)42(27-40(36)47(38,6)7)48-41-20-14-12-18-31(41)34-25-33-30-17-11-13-19-37(30)46(4,5)39(33)26-43(34)48/h8-27H,1-7H3. The lowest BCUT2D eigenvalue weighted by atomic mass is 9.67. The van der Waals surface area contributed by atoms with Crippen LogP contribution in [-0.4, -0.2) is 10.4 Å². The molecule has 0 fully saturated rings. The number of nitrogens with zero attached hydrogens (tertiary/aromatic N) is 1. The van der Waals surface area contributed by atoms with Crippen molar-refractivity contribution in [1.82, 2.24) is 4.57 Å². The van der Waals surface area contributed by atoms with E-state index in [0.29, 0.717) is 0 Å². The molecule has 0 N–H and O–H groups in total. The SMILES string of the molecule is CC(C)(C)c1ccc2c(c1)C(=O)c1cc(-c3ccccc3)c(-n3c4ccccc4c4cc5c(cc43)C(C)(C)c3ccccc3-5)cc1C2(C)C. The van der Waals surface area contributed by atoms with Gasteiger partial charge in [0.25, 0.3) is 0 Å². The highest BCUT2D eigenvalue weighted by molar-refractivity contribution is 6.15. The number of carbonyl (C=O) groups is 1. The molecule has 0 saturated carbocycles. The molecule has 240 valence electrons. The molecule has 6 aromatic carbocycles. The molecule has 7 aromatic rings. The van der Waals surface area contributed by atoms with Crippen molar-refractivity contribution >= 4 is 27.6 Å². The van der Waals surface area contributed by atoms with Crippen LogP contribution in [0.2, 0.25) is 0 Å². The summed E-state index contributed by atoms with van der Waals surface area (Å²) in [6, 6.07) is 44.2. The smallest absolute Gasteiger partial charge is 0.193 e. The number of carbonyl (C=O) groups excluding carboxylic acids is 1. The van der Waals surface area contributed by atoms with Gasteiger partial charge in [0, 0.05) is 38.3 Å². The Morgan fingerprint density at radius 1 is 0.490 bits per heavy atom. The van der Waals surface area contributed by atoms with Gasteiger partial charge in [-0.2, -0.15) is 0 Å². The number of fused-ring (bicyclic) bond motifs is 8. The van der Waals surface area contributed by atoms with Gasteiger partial charge in [0.15, 0.2) is 5.78 Å². The molecule has 0 saturated heterocycles. The van der Waals surface area contributed by atoms with Gasteiger partial charge in [0.1, 0.15) is 0 Å². The Bertz CT molecular complexity index is 2530. The number of hydrogen-bond donors (Lipinski definition) is 0. The van der Waals surface area contributed by atoms with Crippen LogP contribution in [0.3, 0.4) is 0 Å². The lowest BCUT2D eigenvalue weighted by molar-refractivity contribution is 0.103. The van der Waals surface area contributed by atoms with Crippen LogP contribution in [0.4, 0.5) is 0 Å². The highest BCUT2D eigenvalue weighted by Crippen LogP contribution is 2.52. The predicted molar refractivity (Wildman–Crippen MR) is 204 cm³/mol. The Labute approximate surface area is 289 Å². The first-order chi connectivity index (χ1) is 23.4. The molecule has 0 atom stereocenters. The third-order valence-corrected chi connectivity index (χ3v) is 11.6. The molecule has 1 aromatic heterocycles. The first-order valence-corrected chi connectivity index (χ1v) is 17.5. The minimum Gasteiger partial charge on any atom is -0.309 e. The minimum absolute atomic E-state index is 0.0502. The molecular formula is C47H41NO. The summed E-state index contributed by atoms with van der Waals surface area (Å²) in [7, 11) is 0. The molecule has 1 heterocycles. The normalized spacial score (nSPS) is 15.6. The van der Waals surface area contributed by atoms with Gasteiger partial charge in [-0.3, -0.25) is 4.79 Å². The Hall–Kier alpha value is -5.21. The van der Waals surface area contributed by atoms with Gasteiger partial charge in [-0.05, 0) is 86.3 Å². The number of para-hydroxylation sites is 1.